The van der Waals surface area contributed by atoms with Crippen LogP contribution in [0.25, 0.3) is 0 Å². The molecule has 0 bridgehead atoms. The van der Waals surface area contributed by atoms with Crippen molar-refractivity contribution in [1.82, 2.24) is 10.4 Å². The van der Waals surface area contributed by atoms with Crippen LogP contribution in [0, 0.1) is 0 Å². The summed E-state index contributed by atoms with van der Waals surface area (Å²) in [6, 6.07) is 0. The lowest BCUT2D eigenvalue weighted by Crippen LogP contribution is -2.40. The molecule has 0 aliphatic rings. The lowest BCUT2D eigenvalue weighted by Gasteiger charge is -2.29. The molecular formula is C10H22N2O3. The fraction of sp³-hybridized carbons (Fsp3) is 0.900. The second-order valence-corrected chi connectivity index (χ2v) is 4.39. The molecule has 0 rings (SSSR count). The zero-order valence-corrected chi connectivity index (χ0v) is 10.0. The Balaban J connectivity index is 3.35. The van der Waals surface area contributed by atoms with Crippen LogP contribution < -0.4 is 5.32 Å². The molecular weight excluding hydrogens is 196 g/mol. The van der Waals surface area contributed by atoms with Gasteiger partial charge in [0, 0.05) is 25.6 Å². The van der Waals surface area contributed by atoms with Crippen LogP contribution >= 0.6 is 0 Å². The highest BCUT2D eigenvalue weighted by Crippen LogP contribution is 2.08. The predicted molar refractivity (Wildman–Crippen MR) is 57.7 cm³/mol. The fourth-order valence-corrected chi connectivity index (χ4v) is 0.888. The van der Waals surface area contributed by atoms with Gasteiger partial charge in [-0.05, 0) is 20.8 Å². The Morgan fingerprint density at radius 3 is 2.47 bits per heavy atom. The van der Waals surface area contributed by atoms with Gasteiger partial charge in [-0.3, -0.25) is 4.79 Å². The topological polar surface area (TPSA) is 61.8 Å². The summed E-state index contributed by atoms with van der Waals surface area (Å²) in [5.41, 5.74) is -0.263. The molecule has 2 N–H and O–H groups in total. The van der Waals surface area contributed by atoms with Crippen molar-refractivity contribution in [2.24, 2.45) is 0 Å². The number of ether oxygens (including phenoxy) is 1. The normalized spacial score (nSPS) is 11.9. The van der Waals surface area contributed by atoms with E-state index in [9.17, 15) is 10.0 Å². The van der Waals surface area contributed by atoms with Crippen LogP contribution in [0.15, 0.2) is 0 Å². The van der Waals surface area contributed by atoms with Crippen LogP contribution in [-0.2, 0) is 9.53 Å². The molecule has 0 aliphatic heterocycles. The summed E-state index contributed by atoms with van der Waals surface area (Å²) < 4.78 is 5.23. The zero-order chi connectivity index (χ0) is 11.9. The van der Waals surface area contributed by atoms with E-state index in [0.29, 0.717) is 26.3 Å². The largest absolute Gasteiger partial charge is 0.378 e. The SMILES string of the molecule is CC(=O)NCCOCCN(O)C(C)(C)C. The summed E-state index contributed by atoms with van der Waals surface area (Å²) in [5, 5.41) is 13.4. The fourth-order valence-electron chi connectivity index (χ4n) is 0.888. The first kappa shape index (κ1) is 14.3. The maximum Gasteiger partial charge on any atom is 0.216 e. The minimum Gasteiger partial charge on any atom is -0.378 e. The lowest BCUT2D eigenvalue weighted by atomic mass is 10.1. The third-order valence-electron chi connectivity index (χ3n) is 1.84. The van der Waals surface area contributed by atoms with Crippen molar-refractivity contribution < 1.29 is 14.7 Å². The molecule has 0 saturated heterocycles. The summed E-state index contributed by atoms with van der Waals surface area (Å²) >= 11 is 0. The molecule has 0 aromatic carbocycles. The van der Waals surface area contributed by atoms with Gasteiger partial charge in [0.05, 0.1) is 13.2 Å². The van der Waals surface area contributed by atoms with Gasteiger partial charge in [0.2, 0.25) is 5.91 Å². The van der Waals surface area contributed by atoms with Crippen molar-refractivity contribution in [3.8, 4) is 0 Å². The van der Waals surface area contributed by atoms with Gasteiger partial charge in [-0.25, -0.2) is 0 Å². The number of amides is 1. The molecule has 90 valence electrons. The van der Waals surface area contributed by atoms with E-state index < -0.39 is 0 Å². The molecule has 0 radical (unpaired) electrons. The number of nitrogens with one attached hydrogen (secondary N) is 1. The third-order valence-corrected chi connectivity index (χ3v) is 1.84. The van der Waals surface area contributed by atoms with Crippen LogP contribution in [0.4, 0.5) is 0 Å². The highest BCUT2D eigenvalue weighted by molar-refractivity contribution is 5.72. The number of rotatable bonds is 6. The van der Waals surface area contributed by atoms with Gasteiger partial charge in [0.15, 0.2) is 0 Å². The van der Waals surface area contributed by atoms with E-state index in [1.54, 1.807) is 0 Å². The third kappa shape index (κ3) is 8.35. The number of carbonyl (C=O) groups excluding carboxylic acids is 1. The second kappa shape index (κ2) is 6.76. The Morgan fingerprint density at radius 1 is 1.40 bits per heavy atom. The highest BCUT2D eigenvalue weighted by Gasteiger charge is 2.18. The molecule has 0 aliphatic carbocycles. The minimum absolute atomic E-state index is 0.0583. The molecule has 0 unspecified atom stereocenters. The molecule has 0 atom stereocenters. The quantitative estimate of drug-likeness (QED) is 0.507. The molecule has 5 heteroatoms. The minimum atomic E-state index is -0.263. The van der Waals surface area contributed by atoms with E-state index in [1.165, 1.54) is 12.0 Å². The van der Waals surface area contributed by atoms with Gasteiger partial charge >= 0.3 is 0 Å². The number of hydrogen-bond acceptors (Lipinski definition) is 4. The average molecular weight is 218 g/mol. The van der Waals surface area contributed by atoms with Crippen LogP contribution in [0.3, 0.4) is 0 Å². The molecule has 0 spiro atoms. The maximum absolute atomic E-state index is 10.5. The summed E-state index contributed by atoms with van der Waals surface area (Å²) in [6.07, 6.45) is 0. The van der Waals surface area contributed by atoms with Crippen molar-refractivity contribution >= 4 is 5.91 Å². The Labute approximate surface area is 91.4 Å². The summed E-state index contributed by atoms with van der Waals surface area (Å²) in [4.78, 5) is 10.5. The Kier molecular flexibility index (Phi) is 6.47. The van der Waals surface area contributed by atoms with Crippen molar-refractivity contribution in [3.63, 3.8) is 0 Å². The lowest BCUT2D eigenvalue weighted by molar-refractivity contribution is -0.164. The van der Waals surface area contributed by atoms with Crippen LogP contribution in [0.2, 0.25) is 0 Å². The molecule has 0 aromatic heterocycles. The van der Waals surface area contributed by atoms with E-state index in [0.717, 1.165) is 0 Å². The Hall–Kier alpha value is -0.650. The highest BCUT2D eigenvalue weighted by atomic mass is 16.5. The van der Waals surface area contributed by atoms with Gasteiger partial charge in [0.25, 0.3) is 0 Å². The molecule has 5 nitrogen and oxygen atoms in total. The number of nitrogens with zero attached hydrogens (tertiary/aromatic N) is 1. The first-order valence-electron chi connectivity index (χ1n) is 5.12. The van der Waals surface area contributed by atoms with Gasteiger partial charge in [0.1, 0.15) is 0 Å². The van der Waals surface area contributed by atoms with Gasteiger partial charge < -0.3 is 15.3 Å². The molecule has 0 saturated carbocycles. The second-order valence-electron chi connectivity index (χ2n) is 4.39. The number of hydrogen-bond donors (Lipinski definition) is 2. The first-order chi connectivity index (χ1) is 6.84. The monoisotopic (exact) mass is 218 g/mol. The van der Waals surface area contributed by atoms with Crippen LogP contribution in [0.5, 0.6) is 0 Å². The van der Waals surface area contributed by atoms with Crippen molar-refractivity contribution in [1.29, 1.82) is 0 Å². The van der Waals surface area contributed by atoms with E-state index >= 15 is 0 Å². The summed E-state index contributed by atoms with van der Waals surface area (Å²) in [7, 11) is 0. The molecule has 15 heavy (non-hydrogen) atoms. The Morgan fingerprint density at radius 2 is 2.00 bits per heavy atom. The molecule has 0 aromatic rings. The van der Waals surface area contributed by atoms with Gasteiger partial charge in [-0.1, -0.05) is 0 Å². The van der Waals surface area contributed by atoms with Crippen LogP contribution in [-0.4, -0.2) is 48.0 Å². The van der Waals surface area contributed by atoms with Gasteiger partial charge in [-0.2, -0.15) is 5.06 Å². The maximum atomic E-state index is 10.5. The van der Waals surface area contributed by atoms with Crippen molar-refractivity contribution in [2.75, 3.05) is 26.3 Å². The Bertz CT molecular complexity index is 190. The smallest absolute Gasteiger partial charge is 0.216 e. The first-order valence-corrected chi connectivity index (χ1v) is 5.12. The molecule has 0 fully saturated rings. The molecule has 1 amide bonds. The zero-order valence-electron chi connectivity index (χ0n) is 10.0. The predicted octanol–water partition coefficient (Wildman–Crippen LogP) is 0.629. The van der Waals surface area contributed by atoms with Crippen molar-refractivity contribution in [3.05, 3.63) is 0 Å². The van der Waals surface area contributed by atoms with E-state index in [2.05, 4.69) is 5.32 Å². The number of carbonyl (C=O) groups is 1. The molecule has 0 heterocycles. The van der Waals surface area contributed by atoms with Crippen LogP contribution in [0.1, 0.15) is 27.7 Å². The average Bonchev–Trinajstić information content (AvgIpc) is 2.08. The standard InChI is InChI=1S/C10H22N2O3/c1-9(13)11-5-7-15-8-6-12(14)10(2,3)4/h14H,5-8H2,1-4H3,(H,11,13). The van der Waals surface area contributed by atoms with E-state index in [4.69, 9.17) is 4.74 Å². The van der Waals surface area contributed by atoms with E-state index in [-0.39, 0.29) is 11.4 Å². The summed E-state index contributed by atoms with van der Waals surface area (Å²) in [6.45, 7) is 9.12. The number of hydroxylamine groups is 2. The summed E-state index contributed by atoms with van der Waals surface area (Å²) in [5.74, 6) is -0.0583. The van der Waals surface area contributed by atoms with Crippen molar-refractivity contribution in [2.45, 2.75) is 33.2 Å². The van der Waals surface area contributed by atoms with Gasteiger partial charge in [-0.15, -0.1) is 0 Å². The van der Waals surface area contributed by atoms with E-state index in [1.807, 2.05) is 20.8 Å².